The highest BCUT2D eigenvalue weighted by molar-refractivity contribution is 6.36. The van der Waals surface area contributed by atoms with Crippen molar-refractivity contribution in [3.05, 3.63) is 58.3 Å². The number of halogens is 2. The molecule has 1 saturated heterocycles. The van der Waals surface area contributed by atoms with Crippen LogP contribution in [0.5, 0.6) is 0 Å². The average Bonchev–Trinajstić information content (AvgIpc) is 2.65. The number of hydrogen-bond acceptors (Lipinski definition) is 4. The molecule has 0 spiro atoms. The molecule has 1 unspecified atom stereocenters. The van der Waals surface area contributed by atoms with Gasteiger partial charge in [-0.2, -0.15) is 0 Å². The molecule has 1 amide bonds. The number of carbonyl (C=O) groups excluding carboxylic acids is 1. The molecule has 2 aromatic rings. The van der Waals surface area contributed by atoms with Crippen LogP contribution in [-0.4, -0.2) is 52.9 Å². The zero-order chi connectivity index (χ0) is 18.5. The number of anilines is 1. The van der Waals surface area contributed by atoms with Crippen molar-refractivity contribution in [2.45, 2.75) is 19.5 Å². The highest BCUT2D eigenvalue weighted by atomic mass is 35.5. The third-order valence-electron chi connectivity index (χ3n) is 4.63. The molecule has 1 aromatic heterocycles. The van der Waals surface area contributed by atoms with Crippen LogP contribution in [0.4, 0.5) is 5.69 Å². The lowest BCUT2D eigenvalue weighted by molar-refractivity contribution is -0.121. The number of carbonyl (C=O) groups is 1. The Balaban J connectivity index is 1.51. The highest BCUT2D eigenvalue weighted by Crippen LogP contribution is 2.25. The number of rotatable bonds is 5. The largest absolute Gasteiger partial charge is 0.323 e. The van der Waals surface area contributed by atoms with Gasteiger partial charge >= 0.3 is 0 Å². The van der Waals surface area contributed by atoms with Crippen LogP contribution in [-0.2, 0) is 11.3 Å². The van der Waals surface area contributed by atoms with Gasteiger partial charge in [-0.1, -0.05) is 29.3 Å². The summed E-state index contributed by atoms with van der Waals surface area (Å²) >= 11 is 12.0. The summed E-state index contributed by atoms with van der Waals surface area (Å²) in [7, 11) is 0. The van der Waals surface area contributed by atoms with Crippen molar-refractivity contribution in [2.75, 3.05) is 31.5 Å². The number of nitrogens with one attached hydrogen (secondary N) is 1. The van der Waals surface area contributed by atoms with Gasteiger partial charge in [-0.05, 0) is 37.3 Å². The van der Waals surface area contributed by atoms with Crippen LogP contribution >= 0.6 is 23.2 Å². The molecular formula is C19H22Cl2N4O. The van der Waals surface area contributed by atoms with E-state index in [0.29, 0.717) is 15.7 Å². The van der Waals surface area contributed by atoms with Crippen LogP contribution in [0, 0.1) is 0 Å². The van der Waals surface area contributed by atoms with Crippen molar-refractivity contribution in [1.82, 2.24) is 14.8 Å². The molecule has 0 aliphatic carbocycles. The number of aromatic nitrogens is 1. The van der Waals surface area contributed by atoms with Gasteiger partial charge in [0.1, 0.15) is 0 Å². The minimum Gasteiger partial charge on any atom is -0.323 e. The number of pyridine rings is 1. The summed E-state index contributed by atoms with van der Waals surface area (Å²) in [5, 5.41) is 3.88. The van der Waals surface area contributed by atoms with Crippen molar-refractivity contribution in [3.8, 4) is 0 Å². The Labute approximate surface area is 163 Å². The summed E-state index contributed by atoms with van der Waals surface area (Å²) in [5.74, 6) is -0.0626. The lowest BCUT2D eigenvalue weighted by Crippen LogP contribution is -2.52. The molecule has 7 heteroatoms. The quantitative estimate of drug-likeness (QED) is 0.845. The van der Waals surface area contributed by atoms with E-state index in [9.17, 15) is 4.79 Å². The van der Waals surface area contributed by atoms with E-state index in [2.05, 4.69) is 20.1 Å². The molecule has 1 aromatic carbocycles. The lowest BCUT2D eigenvalue weighted by Gasteiger charge is -2.37. The summed E-state index contributed by atoms with van der Waals surface area (Å²) in [6.07, 6.45) is 1.82. The van der Waals surface area contributed by atoms with Gasteiger partial charge < -0.3 is 5.32 Å². The Morgan fingerprint density at radius 3 is 2.62 bits per heavy atom. The Morgan fingerprint density at radius 1 is 1.19 bits per heavy atom. The number of piperazine rings is 1. The molecule has 1 N–H and O–H groups in total. The normalized spacial score (nSPS) is 17.0. The van der Waals surface area contributed by atoms with E-state index in [1.807, 2.05) is 31.3 Å². The minimum atomic E-state index is -0.223. The van der Waals surface area contributed by atoms with Crippen molar-refractivity contribution in [1.29, 1.82) is 0 Å². The molecule has 2 heterocycles. The molecule has 26 heavy (non-hydrogen) atoms. The fourth-order valence-corrected chi connectivity index (χ4v) is 3.48. The Kier molecular flexibility index (Phi) is 6.48. The predicted molar refractivity (Wildman–Crippen MR) is 106 cm³/mol. The Hall–Kier alpha value is -1.66. The number of hydrogen-bond donors (Lipinski definition) is 1. The molecule has 1 atom stereocenters. The maximum Gasteiger partial charge on any atom is 0.241 e. The summed E-state index contributed by atoms with van der Waals surface area (Å²) < 4.78 is 0. The summed E-state index contributed by atoms with van der Waals surface area (Å²) in [6, 6.07) is 10.8. The zero-order valence-electron chi connectivity index (χ0n) is 14.7. The van der Waals surface area contributed by atoms with Crippen LogP contribution < -0.4 is 5.32 Å². The first-order chi connectivity index (χ1) is 12.5. The third kappa shape index (κ3) is 4.95. The second-order valence-electron chi connectivity index (χ2n) is 6.42. The standard InChI is InChI=1S/C19H22Cl2N4O/c1-14(19(26)23-18-6-5-15(20)12-17(18)21)25-10-8-24(9-11-25)13-16-4-2-3-7-22-16/h2-7,12,14H,8-11,13H2,1H3,(H,23,26). The molecule has 0 radical (unpaired) electrons. The van der Waals surface area contributed by atoms with E-state index in [1.54, 1.807) is 18.2 Å². The molecule has 1 fully saturated rings. The van der Waals surface area contributed by atoms with E-state index in [1.165, 1.54) is 0 Å². The fourth-order valence-electron chi connectivity index (χ4n) is 3.02. The van der Waals surface area contributed by atoms with Crippen molar-refractivity contribution < 1.29 is 4.79 Å². The maximum atomic E-state index is 12.6. The van der Waals surface area contributed by atoms with E-state index < -0.39 is 0 Å². The second-order valence-corrected chi connectivity index (χ2v) is 7.27. The van der Waals surface area contributed by atoms with Crippen molar-refractivity contribution >= 4 is 34.8 Å². The summed E-state index contributed by atoms with van der Waals surface area (Å²) in [4.78, 5) is 21.5. The topological polar surface area (TPSA) is 48.5 Å². The zero-order valence-corrected chi connectivity index (χ0v) is 16.2. The van der Waals surface area contributed by atoms with Crippen molar-refractivity contribution in [3.63, 3.8) is 0 Å². The summed E-state index contributed by atoms with van der Waals surface area (Å²) in [6.45, 7) is 6.28. The highest BCUT2D eigenvalue weighted by Gasteiger charge is 2.26. The Morgan fingerprint density at radius 2 is 1.96 bits per heavy atom. The first kappa shape index (κ1) is 19.1. The SMILES string of the molecule is CC(C(=O)Nc1ccc(Cl)cc1Cl)N1CCN(Cc2ccccn2)CC1. The molecule has 0 bridgehead atoms. The summed E-state index contributed by atoms with van der Waals surface area (Å²) in [5.41, 5.74) is 1.66. The molecule has 1 aliphatic heterocycles. The first-order valence-corrected chi connectivity index (χ1v) is 9.41. The Bertz CT molecular complexity index is 748. The lowest BCUT2D eigenvalue weighted by atomic mass is 10.2. The number of nitrogens with zero attached hydrogens (tertiary/aromatic N) is 3. The first-order valence-electron chi connectivity index (χ1n) is 8.65. The number of benzene rings is 1. The monoisotopic (exact) mass is 392 g/mol. The predicted octanol–water partition coefficient (Wildman–Crippen LogP) is 3.53. The minimum absolute atomic E-state index is 0.0626. The van der Waals surface area contributed by atoms with Gasteiger partial charge in [-0.15, -0.1) is 0 Å². The maximum absolute atomic E-state index is 12.6. The van der Waals surface area contributed by atoms with Gasteiger partial charge in [0, 0.05) is 43.9 Å². The van der Waals surface area contributed by atoms with Gasteiger partial charge in [0.05, 0.1) is 22.4 Å². The van der Waals surface area contributed by atoms with Crippen LogP contribution in [0.1, 0.15) is 12.6 Å². The van der Waals surface area contributed by atoms with Crippen LogP contribution in [0.25, 0.3) is 0 Å². The molecule has 138 valence electrons. The third-order valence-corrected chi connectivity index (χ3v) is 5.18. The second kappa shape index (κ2) is 8.82. The van der Waals surface area contributed by atoms with E-state index in [0.717, 1.165) is 38.4 Å². The molecule has 5 nitrogen and oxygen atoms in total. The molecule has 1 aliphatic rings. The fraction of sp³-hybridized carbons (Fsp3) is 0.368. The van der Waals surface area contributed by atoms with E-state index in [-0.39, 0.29) is 11.9 Å². The van der Waals surface area contributed by atoms with E-state index in [4.69, 9.17) is 23.2 Å². The van der Waals surface area contributed by atoms with Crippen LogP contribution in [0.15, 0.2) is 42.6 Å². The molecule has 0 saturated carbocycles. The van der Waals surface area contributed by atoms with Gasteiger partial charge in [0.25, 0.3) is 0 Å². The van der Waals surface area contributed by atoms with E-state index >= 15 is 0 Å². The van der Waals surface area contributed by atoms with Crippen molar-refractivity contribution in [2.24, 2.45) is 0 Å². The number of amides is 1. The molecular weight excluding hydrogens is 371 g/mol. The average molecular weight is 393 g/mol. The van der Waals surface area contributed by atoms with Gasteiger partial charge in [-0.3, -0.25) is 19.6 Å². The van der Waals surface area contributed by atoms with Gasteiger partial charge in [0.2, 0.25) is 5.91 Å². The van der Waals surface area contributed by atoms with Crippen LogP contribution in [0.3, 0.4) is 0 Å². The van der Waals surface area contributed by atoms with Gasteiger partial charge in [-0.25, -0.2) is 0 Å². The smallest absolute Gasteiger partial charge is 0.241 e. The molecule has 3 rings (SSSR count). The van der Waals surface area contributed by atoms with Crippen LogP contribution in [0.2, 0.25) is 10.0 Å². The van der Waals surface area contributed by atoms with Gasteiger partial charge in [0.15, 0.2) is 0 Å².